The van der Waals surface area contributed by atoms with E-state index in [-0.39, 0.29) is 0 Å². The average Bonchev–Trinajstić information content (AvgIpc) is 3.30. The molecule has 0 bridgehead atoms. The Kier molecular flexibility index (Phi) is 7.46. The van der Waals surface area contributed by atoms with Crippen LogP contribution < -0.4 is 10.6 Å². The minimum absolute atomic E-state index is 0.888. The van der Waals surface area contributed by atoms with Crippen LogP contribution in [0.4, 0.5) is 0 Å². The first-order chi connectivity index (χ1) is 12.7. The van der Waals surface area contributed by atoms with E-state index >= 15 is 0 Å². The molecule has 1 aliphatic rings. The van der Waals surface area contributed by atoms with Gasteiger partial charge in [-0.15, -0.1) is 22.7 Å². The highest BCUT2D eigenvalue weighted by Gasteiger charge is 2.09. The van der Waals surface area contributed by atoms with Crippen molar-refractivity contribution in [3.8, 4) is 10.6 Å². The van der Waals surface area contributed by atoms with E-state index in [1.165, 1.54) is 42.1 Å². The first kappa shape index (κ1) is 19.3. The molecule has 3 rings (SSSR count). The third-order valence-corrected chi connectivity index (χ3v) is 6.53. The number of piperidine rings is 1. The Morgan fingerprint density at radius 2 is 2.00 bits per heavy atom. The van der Waals surface area contributed by atoms with Gasteiger partial charge in [-0.05, 0) is 51.4 Å². The van der Waals surface area contributed by atoms with Crippen LogP contribution in [0.1, 0.15) is 29.1 Å². The Hall–Kier alpha value is -1.44. The van der Waals surface area contributed by atoms with Gasteiger partial charge in [0.1, 0.15) is 0 Å². The maximum Gasteiger partial charge on any atom is 0.191 e. The molecule has 0 aromatic carbocycles. The van der Waals surface area contributed by atoms with Gasteiger partial charge in [0.05, 0.1) is 15.6 Å². The second-order valence-electron chi connectivity index (χ2n) is 6.60. The predicted octanol–water partition coefficient (Wildman–Crippen LogP) is 3.37. The summed E-state index contributed by atoms with van der Waals surface area (Å²) < 4.78 is 0. The largest absolute Gasteiger partial charge is 0.356 e. The molecule has 0 radical (unpaired) electrons. The standard InChI is InChI=1S/C19H29N5S2/c1-15-23-17(14-25-15)18-7-6-16(26-18)8-9-21-19(20-2)22-10-13-24-11-4-3-5-12-24/h6-7,14H,3-5,8-13H2,1-2H3,(H2,20,21,22). The van der Waals surface area contributed by atoms with Crippen molar-refractivity contribution in [3.05, 3.63) is 27.4 Å². The number of guanidine groups is 1. The highest BCUT2D eigenvalue weighted by atomic mass is 32.1. The fraction of sp³-hybridized carbons (Fsp3) is 0.579. The molecule has 142 valence electrons. The predicted molar refractivity (Wildman–Crippen MR) is 114 cm³/mol. The summed E-state index contributed by atoms with van der Waals surface area (Å²) in [5.41, 5.74) is 1.10. The molecule has 1 aliphatic heterocycles. The molecule has 3 heterocycles. The maximum absolute atomic E-state index is 4.57. The first-order valence-corrected chi connectivity index (χ1v) is 11.1. The van der Waals surface area contributed by atoms with Crippen LogP contribution in [0.2, 0.25) is 0 Å². The van der Waals surface area contributed by atoms with Crippen molar-refractivity contribution in [2.45, 2.75) is 32.6 Å². The quantitative estimate of drug-likeness (QED) is 0.561. The number of hydrogen-bond acceptors (Lipinski definition) is 5. The van der Waals surface area contributed by atoms with Gasteiger partial charge >= 0.3 is 0 Å². The van der Waals surface area contributed by atoms with Crippen LogP contribution in [0, 0.1) is 6.92 Å². The van der Waals surface area contributed by atoms with E-state index in [1.54, 1.807) is 11.3 Å². The van der Waals surface area contributed by atoms with Gasteiger partial charge in [-0.2, -0.15) is 0 Å². The van der Waals surface area contributed by atoms with Crippen molar-refractivity contribution in [2.24, 2.45) is 4.99 Å². The summed E-state index contributed by atoms with van der Waals surface area (Å²) in [7, 11) is 1.84. The molecule has 0 spiro atoms. The zero-order valence-corrected chi connectivity index (χ0v) is 17.4. The second-order valence-corrected chi connectivity index (χ2v) is 8.83. The number of aliphatic imine (C=N–C) groups is 1. The number of aryl methyl sites for hydroxylation is 1. The fourth-order valence-electron chi connectivity index (χ4n) is 3.17. The third kappa shape index (κ3) is 5.79. The van der Waals surface area contributed by atoms with Crippen LogP contribution in [-0.4, -0.2) is 55.6 Å². The van der Waals surface area contributed by atoms with Crippen LogP contribution in [0.5, 0.6) is 0 Å². The lowest BCUT2D eigenvalue weighted by atomic mass is 10.1. The number of thiazole rings is 1. The molecular formula is C19H29N5S2. The molecule has 0 atom stereocenters. The molecule has 0 aliphatic carbocycles. The molecule has 0 amide bonds. The van der Waals surface area contributed by atoms with Crippen LogP contribution in [0.25, 0.3) is 10.6 Å². The molecule has 2 aromatic heterocycles. The van der Waals surface area contributed by atoms with E-state index in [0.717, 1.165) is 42.7 Å². The highest BCUT2D eigenvalue weighted by Crippen LogP contribution is 2.29. The van der Waals surface area contributed by atoms with Crippen molar-refractivity contribution in [1.29, 1.82) is 0 Å². The van der Waals surface area contributed by atoms with E-state index in [4.69, 9.17) is 0 Å². The van der Waals surface area contributed by atoms with Crippen LogP contribution in [0.3, 0.4) is 0 Å². The van der Waals surface area contributed by atoms with Crippen LogP contribution in [-0.2, 0) is 6.42 Å². The molecule has 2 N–H and O–H groups in total. The number of nitrogens with zero attached hydrogens (tertiary/aromatic N) is 3. The van der Waals surface area contributed by atoms with Crippen molar-refractivity contribution in [1.82, 2.24) is 20.5 Å². The summed E-state index contributed by atoms with van der Waals surface area (Å²) in [6.45, 7) is 7.48. The van der Waals surface area contributed by atoms with Gasteiger partial charge in [-0.3, -0.25) is 4.99 Å². The summed E-state index contributed by atoms with van der Waals surface area (Å²) >= 11 is 3.54. The van der Waals surface area contributed by atoms with Gasteiger partial charge in [0.25, 0.3) is 0 Å². The van der Waals surface area contributed by atoms with Gasteiger partial charge < -0.3 is 15.5 Å². The van der Waals surface area contributed by atoms with Crippen LogP contribution >= 0.6 is 22.7 Å². The Morgan fingerprint density at radius 1 is 1.19 bits per heavy atom. The van der Waals surface area contributed by atoms with Gasteiger partial charge in [-0.25, -0.2) is 4.98 Å². The topological polar surface area (TPSA) is 52.6 Å². The molecule has 1 fully saturated rings. The smallest absolute Gasteiger partial charge is 0.191 e. The first-order valence-electron chi connectivity index (χ1n) is 9.42. The van der Waals surface area contributed by atoms with E-state index in [9.17, 15) is 0 Å². The molecule has 2 aromatic rings. The highest BCUT2D eigenvalue weighted by molar-refractivity contribution is 7.16. The lowest BCUT2D eigenvalue weighted by Gasteiger charge is -2.26. The summed E-state index contributed by atoms with van der Waals surface area (Å²) in [5, 5.41) is 10.1. The van der Waals surface area contributed by atoms with E-state index in [2.05, 4.69) is 49.9 Å². The van der Waals surface area contributed by atoms with E-state index in [0.29, 0.717) is 0 Å². The molecular weight excluding hydrogens is 362 g/mol. The lowest BCUT2D eigenvalue weighted by Crippen LogP contribution is -2.43. The Bertz CT molecular complexity index is 700. The van der Waals surface area contributed by atoms with Crippen molar-refractivity contribution in [2.75, 3.05) is 39.8 Å². The van der Waals surface area contributed by atoms with Gasteiger partial charge in [-0.1, -0.05) is 6.42 Å². The second kappa shape index (κ2) is 10.0. The Labute approximate surface area is 164 Å². The molecule has 26 heavy (non-hydrogen) atoms. The third-order valence-electron chi connectivity index (χ3n) is 4.59. The van der Waals surface area contributed by atoms with Crippen molar-refractivity contribution >= 4 is 28.6 Å². The number of aromatic nitrogens is 1. The monoisotopic (exact) mass is 391 g/mol. The van der Waals surface area contributed by atoms with Crippen LogP contribution in [0.15, 0.2) is 22.5 Å². The minimum Gasteiger partial charge on any atom is -0.356 e. The molecule has 5 nitrogen and oxygen atoms in total. The number of likely N-dealkylation sites (tertiary alicyclic amines) is 1. The number of rotatable bonds is 7. The molecule has 7 heteroatoms. The maximum atomic E-state index is 4.57. The van der Waals surface area contributed by atoms with Gasteiger partial charge in [0, 0.05) is 36.9 Å². The number of hydrogen-bond donors (Lipinski definition) is 2. The molecule has 0 unspecified atom stereocenters. The van der Waals surface area contributed by atoms with Crippen molar-refractivity contribution < 1.29 is 0 Å². The Balaban J connectivity index is 1.37. The normalized spacial score (nSPS) is 16.0. The van der Waals surface area contributed by atoms with Gasteiger partial charge in [0.2, 0.25) is 0 Å². The summed E-state index contributed by atoms with van der Waals surface area (Å²) in [6, 6.07) is 4.39. The fourth-order valence-corrected chi connectivity index (χ4v) is 4.82. The van der Waals surface area contributed by atoms with E-state index < -0.39 is 0 Å². The SMILES string of the molecule is CN=C(NCCc1ccc(-c2csc(C)n2)s1)NCCN1CCCCC1. The minimum atomic E-state index is 0.888. The zero-order valence-electron chi connectivity index (χ0n) is 15.8. The van der Waals surface area contributed by atoms with E-state index in [1.807, 2.05) is 18.4 Å². The summed E-state index contributed by atoms with van der Waals surface area (Å²) in [6.07, 6.45) is 5.08. The summed E-state index contributed by atoms with van der Waals surface area (Å²) in [5.74, 6) is 0.897. The number of nitrogens with one attached hydrogen (secondary N) is 2. The zero-order chi connectivity index (χ0) is 18.2. The average molecular weight is 392 g/mol. The van der Waals surface area contributed by atoms with Crippen molar-refractivity contribution in [3.63, 3.8) is 0 Å². The van der Waals surface area contributed by atoms with Gasteiger partial charge in [0.15, 0.2) is 5.96 Å². The lowest BCUT2D eigenvalue weighted by molar-refractivity contribution is 0.232. The Morgan fingerprint density at radius 3 is 2.73 bits per heavy atom. The molecule has 1 saturated heterocycles. The number of thiophene rings is 1. The molecule has 0 saturated carbocycles. The summed E-state index contributed by atoms with van der Waals surface area (Å²) in [4.78, 5) is 14.1.